The molecule has 0 saturated carbocycles. The minimum atomic E-state index is -0.306. The van der Waals surface area contributed by atoms with Gasteiger partial charge >= 0.3 is 0 Å². The summed E-state index contributed by atoms with van der Waals surface area (Å²) in [5.74, 6) is 0.353. The van der Waals surface area contributed by atoms with E-state index in [0.29, 0.717) is 22.6 Å². The summed E-state index contributed by atoms with van der Waals surface area (Å²) in [5.41, 5.74) is 10.8. The molecule has 8 nitrogen and oxygen atoms in total. The molecule has 8 heteroatoms. The van der Waals surface area contributed by atoms with E-state index in [2.05, 4.69) is 20.3 Å². The maximum absolute atomic E-state index is 13.3. The number of H-pyrrole nitrogens is 1. The van der Waals surface area contributed by atoms with Crippen LogP contribution < -0.4 is 11.3 Å². The number of fused-ring (bicyclic) bond motifs is 1. The summed E-state index contributed by atoms with van der Waals surface area (Å²) in [7, 11) is 0. The highest BCUT2D eigenvalue weighted by molar-refractivity contribution is 5.80. The van der Waals surface area contributed by atoms with Crippen LogP contribution in [0.15, 0.2) is 63.8 Å². The van der Waals surface area contributed by atoms with Crippen molar-refractivity contribution < 1.29 is 4.42 Å². The van der Waals surface area contributed by atoms with Gasteiger partial charge in [0, 0.05) is 16.9 Å². The van der Waals surface area contributed by atoms with Crippen molar-refractivity contribution in [1.82, 2.24) is 24.8 Å². The second-order valence-electron chi connectivity index (χ2n) is 7.01. The Morgan fingerprint density at radius 1 is 0.933 bits per heavy atom. The Balaban J connectivity index is 1.69. The summed E-state index contributed by atoms with van der Waals surface area (Å²) in [6.45, 7) is 3.67. The number of nitrogen functional groups attached to an aromatic ring is 1. The molecule has 5 aromatic rings. The first-order chi connectivity index (χ1) is 14.5. The van der Waals surface area contributed by atoms with E-state index in [0.717, 1.165) is 16.8 Å². The van der Waals surface area contributed by atoms with Crippen LogP contribution in [0, 0.1) is 13.8 Å². The molecule has 0 spiro atoms. The van der Waals surface area contributed by atoms with Crippen LogP contribution in [-0.2, 0) is 0 Å². The number of para-hydroxylation sites is 1. The topological polar surface area (TPSA) is 115 Å². The first-order valence-electron chi connectivity index (χ1n) is 9.40. The fourth-order valence-electron chi connectivity index (χ4n) is 3.61. The lowest BCUT2D eigenvalue weighted by Gasteiger charge is -2.04. The molecule has 2 aromatic carbocycles. The van der Waals surface area contributed by atoms with Gasteiger partial charge in [-0.25, -0.2) is 9.50 Å². The Morgan fingerprint density at radius 3 is 2.40 bits per heavy atom. The molecule has 148 valence electrons. The number of nitrogens with two attached hydrogens (primary N) is 1. The second kappa shape index (κ2) is 6.70. The first kappa shape index (κ1) is 17.9. The molecule has 0 bridgehead atoms. The van der Waals surface area contributed by atoms with E-state index in [1.807, 2.05) is 49.4 Å². The monoisotopic (exact) mass is 398 g/mol. The smallest absolute Gasteiger partial charge is 0.285 e. The average Bonchev–Trinajstić information content (AvgIpc) is 3.34. The SMILES string of the molecule is Cc1nc2c(-c3ccccc3)c(C)[nH]n2c(=O)c1-c1nnc(-c2ccccc2N)o1. The van der Waals surface area contributed by atoms with Crippen molar-refractivity contribution in [3.05, 3.63) is 76.3 Å². The Bertz CT molecular complexity index is 1450. The third-order valence-electron chi connectivity index (χ3n) is 5.03. The van der Waals surface area contributed by atoms with Gasteiger partial charge in [0.25, 0.3) is 11.4 Å². The van der Waals surface area contributed by atoms with Crippen LogP contribution >= 0.6 is 0 Å². The molecule has 0 aliphatic carbocycles. The number of hydrogen-bond acceptors (Lipinski definition) is 6. The Morgan fingerprint density at radius 2 is 1.63 bits per heavy atom. The van der Waals surface area contributed by atoms with E-state index in [1.165, 1.54) is 4.52 Å². The largest absolute Gasteiger partial charge is 0.416 e. The van der Waals surface area contributed by atoms with E-state index in [4.69, 9.17) is 10.2 Å². The maximum Gasteiger partial charge on any atom is 0.285 e. The zero-order valence-corrected chi connectivity index (χ0v) is 16.4. The molecule has 0 atom stereocenters. The minimum absolute atomic E-state index is 0.103. The number of nitrogens with one attached hydrogen (secondary N) is 1. The van der Waals surface area contributed by atoms with E-state index >= 15 is 0 Å². The van der Waals surface area contributed by atoms with Gasteiger partial charge < -0.3 is 10.2 Å². The molecular formula is C22H18N6O2. The van der Waals surface area contributed by atoms with E-state index in [1.54, 1.807) is 19.1 Å². The predicted molar refractivity (Wildman–Crippen MR) is 114 cm³/mol. The van der Waals surface area contributed by atoms with Crippen molar-refractivity contribution >= 4 is 11.3 Å². The predicted octanol–water partition coefficient (Wildman–Crippen LogP) is 3.61. The molecule has 3 heterocycles. The number of aromatic amines is 1. The third kappa shape index (κ3) is 2.69. The van der Waals surface area contributed by atoms with Crippen molar-refractivity contribution in [2.75, 3.05) is 5.73 Å². The zero-order valence-electron chi connectivity index (χ0n) is 16.4. The van der Waals surface area contributed by atoms with Crippen molar-refractivity contribution in [3.63, 3.8) is 0 Å². The quantitative estimate of drug-likeness (QED) is 0.449. The highest BCUT2D eigenvalue weighted by Crippen LogP contribution is 2.30. The molecule has 3 N–H and O–H groups in total. The Hall–Kier alpha value is -4.20. The van der Waals surface area contributed by atoms with Crippen LogP contribution in [0.3, 0.4) is 0 Å². The lowest BCUT2D eigenvalue weighted by molar-refractivity contribution is 0.582. The fourth-order valence-corrected chi connectivity index (χ4v) is 3.61. The molecule has 0 radical (unpaired) electrons. The van der Waals surface area contributed by atoms with Crippen LogP contribution in [-0.4, -0.2) is 24.8 Å². The highest BCUT2D eigenvalue weighted by Gasteiger charge is 2.22. The van der Waals surface area contributed by atoms with Gasteiger partial charge in [0.2, 0.25) is 5.89 Å². The summed E-state index contributed by atoms with van der Waals surface area (Å²) >= 11 is 0. The van der Waals surface area contributed by atoms with Crippen LogP contribution in [0.25, 0.3) is 39.7 Å². The van der Waals surface area contributed by atoms with Gasteiger partial charge in [0.15, 0.2) is 5.65 Å². The lowest BCUT2D eigenvalue weighted by Crippen LogP contribution is -2.19. The molecule has 5 rings (SSSR count). The van der Waals surface area contributed by atoms with Gasteiger partial charge in [-0.1, -0.05) is 42.5 Å². The summed E-state index contributed by atoms with van der Waals surface area (Å²) in [6.07, 6.45) is 0. The Kier molecular flexibility index (Phi) is 3.99. The van der Waals surface area contributed by atoms with Crippen molar-refractivity contribution in [1.29, 1.82) is 0 Å². The summed E-state index contributed by atoms with van der Waals surface area (Å²) < 4.78 is 7.22. The normalized spacial score (nSPS) is 11.3. The number of benzene rings is 2. The molecule has 30 heavy (non-hydrogen) atoms. The molecular weight excluding hydrogens is 380 g/mol. The molecule has 0 amide bonds. The van der Waals surface area contributed by atoms with Crippen molar-refractivity contribution in [3.8, 4) is 34.0 Å². The molecule has 0 aliphatic heterocycles. The molecule has 3 aromatic heterocycles. The number of anilines is 1. The fraction of sp³-hybridized carbons (Fsp3) is 0.0909. The van der Waals surface area contributed by atoms with Gasteiger partial charge in [0.1, 0.15) is 5.56 Å². The summed E-state index contributed by atoms with van der Waals surface area (Å²) in [6, 6.07) is 17.0. The van der Waals surface area contributed by atoms with Crippen molar-refractivity contribution in [2.45, 2.75) is 13.8 Å². The van der Waals surface area contributed by atoms with Crippen LogP contribution in [0.2, 0.25) is 0 Å². The maximum atomic E-state index is 13.3. The third-order valence-corrected chi connectivity index (χ3v) is 5.03. The summed E-state index contributed by atoms with van der Waals surface area (Å²) in [5, 5.41) is 11.3. The van der Waals surface area contributed by atoms with Crippen molar-refractivity contribution in [2.24, 2.45) is 0 Å². The number of nitrogens with zero attached hydrogens (tertiary/aromatic N) is 4. The highest BCUT2D eigenvalue weighted by atomic mass is 16.4. The number of hydrogen-bond donors (Lipinski definition) is 2. The summed E-state index contributed by atoms with van der Waals surface area (Å²) in [4.78, 5) is 18.0. The van der Waals surface area contributed by atoms with Gasteiger partial charge in [-0.2, -0.15) is 0 Å². The standard InChI is InChI=1S/C22H18N6O2/c1-12-18(21-26-25-20(30-21)15-10-6-7-11-16(15)23)22(29)28-19(24-12)17(13(2)27-28)14-8-4-3-5-9-14/h3-11,27H,23H2,1-2H3. The Labute approximate surface area is 171 Å². The van der Waals surface area contributed by atoms with Crippen LogP contribution in [0.5, 0.6) is 0 Å². The molecule has 0 unspecified atom stereocenters. The van der Waals surface area contributed by atoms with Gasteiger partial charge in [0.05, 0.1) is 11.3 Å². The van der Waals surface area contributed by atoms with E-state index in [-0.39, 0.29) is 22.9 Å². The number of rotatable bonds is 3. The van der Waals surface area contributed by atoms with Gasteiger partial charge in [-0.3, -0.25) is 9.89 Å². The zero-order chi connectivity index (χ0) is 20.8. The van der Waals surface area contributed by atoms with Gasteiger partial charge in [-0.05, 0) is 31.5 Å². The number of aryl methyl sites for hydroxylation is 2. The first-order valence-corrected chi connectivity index (χ1v) is 9.40. The minimum Gasteiger partial charge on any atom is -0.416 e. The second-order valence-corrected chi connectivity index (χ2v) is 7.01. The van der Waals surface area contributed by atoms with E-state index < -0.39 is 0 Å². The van der Waals surface area contributed by atoms with E-state index in [9.17, 15) is 4.79 Å². The molecule has 0 fully saturated rings. The number of aromatic nitrogens is 5. The van der Waals surface area contributed by atoms with Crippen LogP contribution in [0.1, 0.15) is 11.4 Å². The lowest BCUT2D eigenvalue weighted by atomic mass is 10.1. The van der Waals surface area contributed by atoms with Crippen LogP contribution in [0.4, 0.5) is 5.69 Å². The molecule has 0 saturated heterocycles. The van der Waals surface area contributed by atoms with Gasteiger partial charge in [-0.15, -0.1) is 10.2 Å². The average molecular weight is 398 g/mol. The molecule has 0 aliphatic rings.